The van der Waals surface area contributed by atoms with Gasteiger partial charge in [0.05, 0.1) is 5.69 Å². The van der Waals surface area contributed by atoms with Gasteiger partial charge in [-0.3, -0.25) is 9.59 Å². The lowest BCUT2D eigenvalue weighted by Gasteiger charge is -2.23. The predicted octanol–water partition coefficient (Wildman–Crippen LogP) is 2.34. The summed E-state index contributed by atoms with van der Waals surface area (Å²) >= 11 is 0. The van der Waals surface area contributed by atoms with Gasteiger partial charge in [0, 0.05) is 12.1 Å². The van der Waals surface area contributed by atoms with Gasteiger partial charge >= 0.3 is 0 Å². The quantitative estimate of drug-likeness (QED) is 0.913. The summed E-state index contributed by atoms with van der Waals surface area (Å²) in [5.41, 5.74) is 2.12. The van der Waals surface area contributed by atoms with E-state index >= 15 is 0 Å². The zero-order chi connectivity index (χ0) is 15.5. The van der Waals surface area contributed by atoms with Crippen LogP contribution in [0.3, 0.4) is 0 Å². The van der Waals surface area contributed by atoms with E-state index in [-0.39, 0.29) is 11.8 Å². The van der Waals surface area contributed by atoms with Crippen LogP contribution < -0.4 is 15.4 Å². The van der Waals surface area contributed by atoms with E-state index in [1.54, 1.807) is 25.1 Å². The van der Waals surface area contributed by atoms with Crippen molar-refractivity contribution in [2.75, 3.05) is 5.32 Å². The monoisotopic (exact) mass is 296 g/mol. The van der Waals surface area contributed by atoms with Crippen LogP contribution in [0.4, 0.5) is 5.69 Å². The molecule has 0 saturated carbocycles. The van der Waals surface area contributed by atoms with Crippen LogP contribution in [0.1, 0.15) is 22.8 Å². The Kier molecular flexibility index (Phi) is 3.78. The number of hydrogen-bond donors (Lipinski definition) is 2. The molecule has 1 unspecified atom stereocenters. The molecule has 0 fully saturated rings. The minimum atomic E-state index is -0.560. The van der Waals surface area contributed by atoms with Crippen molar-refractivity contribution in [3.8, 4) is 5.75 Å². The smallest absolute Gasteiger partial charge is 0.265 e. The first-order valence-corrected chi connectivity index (χ1v) is 7.07. The van der Waals surface area contributed by atoms with E-state index in [1.807, 2.05) is 30.3 Å². The number of benzene rings is 2. The van der Waals surface area contributed by atoms with Crippen LogP contribution in [-0.4, -0.2) is 17.9 Å². The second-order valence-corrected chi connectivity index (χ2v) is 5.13. The van der Waals surface area contributed by atoms with E-state index in [0.29, 0.717) is 23.5 Å². The lowest BCUT2D eigenvalue weighted by Crippen LogP contribution is -2.34. The Bertz CT molecular complexity index is 713. The fraction of sp³-hybridized carbons (Fsp3) is 0.176. The van der Waals surface area contributed by atoms with Crippen molar-refractivity contribution in [3.05, 3.63) is 59.7 Å². The summed E-state index contributed by atoms with van der Waals surface area (Å²) in [6, 6.07) is 14.7. The van der Waals surface area contributed by atoms with Gasteiger partial charge in [0.15, 0.2) is 6.10 Å². The molecule has 1 atom stereocenters. The third kappa shape index (κ3) is 2.93. The third-order valence-corrected chi connectivity index (χ3v) is 3.47. The molecule has 0 radical (unpaired) electrons. The van der Waals surface area contributed by atoms with E-state index < -0.39 is 6.10 Å². The Morgan fingerprint density at radius 3 is 2.77 bits per heavy atom. The highest BCUT2D eigenvalue weighted by Gasteiger charge is 2.24. The molecule has 0 aliphatic carbocycles. The molecule has 2 N–H and O–H groups in total. The maximum atomic E-state index is 12.2. The van der Waals surface area contributed by atoms with Crippen molar-refractivity contribution in [3.63, 3.8) is 0 Å². The van der Waals surface area contributed by atoms with Crippen molar-refractivity contribution in [2.45, 2.75) is 19.6 Å². The standard InChI is InChI=1S/C17H16N2O3/c1-11-16(20)19-14-8-7-13(9-15(14)22-11)17(21)18-10-12-5-3-2-4-6-12/h2-9,11H,10H2,1H3,(H,18,21)(H,19,20). The van der Waals surface area contributed by atoms with Gasteiger partial charge in [-0.25, -0.2) is 0 Å². The molecule has 1 heterocycles. The summed E-state index contributed by atoms with van der Waals surface area (Å²) in [7, 11) is 0. The Balaban J connectivity index is 1.71. The second-order valence-electron chi connectivity index (χ2n) is 5.13. The zero-order valence-electron chi connectivity index (χ0n) is 12.1. The first-order valence-electron chi connectivity index (χ1n) is 7.07. The lowest BCUT2D eigenvalue weighted by atomic mass is 10.1. The molecule has 2 aromatic rings. The summed E-state index contributed by atoms with van der Waals surface area (Å²) in [4.78, 5) is 23.7. The van der Waals surface area contributed by atoms with Gasteiger partial charge in [0.1, 0.15) is 5.75 Å². The summed E-state index contributed by atoms with van der Waals surface area (Å²) in [5, 5.41) is 5.60. The first kappa shape index (κ1) is 14.1. The molecule has 2 aromatic carbocycles. The normalized spacial score (nSPS) is 16.2. The number of rotatable bonds is 3. The summed E-state index contributed by atoms with van der Waals surface area (Å²) < 4.78 is 5.51. The van der Waals surface area contributed by atoms with Gasteiger partial charge in [-0.05, 0) is 30.7 Å². The number of fused-ring (bicyclic) bond motifs is 1. The Hall–Kier alpha value is -2.82. The predicted molar refractivity (Wildman–Crippen MR) is 82.8 cm³/mol. The number of anilines is 1. The van der Waals surface area contributed by atoms with Gasteiger partial charge in [0.2, 0.25) is 0 Å². The molecule has 5 heteroatoms. The molecule has 5 nitrogen and oxygen atoms in total. The van der Waals surface area contributed by atoms with Gasteiger partial charge < -0.3 is 15.4 Å². The first-order chi connectivity index (χ1) is 10.6. The lowest BCUT2D eigenvalue weighted by molar-refractivity contribution is -0.122. The number of nitrogens with one attached hydrogen (secondary N) is 2. The van der Waals surface area contributed by atoms with Crippen molar-refractivity contribution in [2.24, 2.45) is 0 Å². The van der Waals surface area contributed by atoms with Crippen LogP contribution in [0.5, 0.6) is 5.75 Å². The van der Waals surface area contributed by atoms with Gasteiger partial charge in [0.25, 0.3) is 11.8 Å². The number of ether oxygens (including phenoxy) is 1. The topological polar surface area (TPSA) is 67.4 Å². The minimum Gasteiger partial charge on any atom is -0.479 e. The van der Waals surface area contributed by atoms with Crippen LogP contribution in [0.2, 0.25) is 0 Å². The molecule has 1 aliphatic heterocycles. The summed E-state index contributed by atoms with van der Waals surface area (Å²) in [6.07, 6.45) is -0.560. The fourth-order valence-electron chi connectivity index (χ4n) is 2.22. The molecule has 1 aliphatic rings. The van der Waals surface area contributed by atoms with E-state index in [0.717, 1.165) is 5.56 Å². The van der Waals surface area contributed by atoms with Gasteiger partial charge in [-0.15, -0.1) is 0 Å². The number of hydrogen-bond acceptors (Lipinski definition) is 3. The minimum absolute atomic E-state index is 0.181. The average molecular weight is 296 g/mol. The highest BCUT2D eigenvalue weighted by molar-refractivity contribution is 6.00. The molecule has 112 valence electrons. The Morgan fingerprint density at radius 1 is 1.23 bits per heavy atom. The molecular weight excluding hydrogens is 280 g/mol. The SMILES string of the molecule is CC1Oc2cc(C(=O)NCc3ccccc3)ccc2NC1=O. The average Bonchev–Trinajstić information content (AvgIpc) is 2.54. The molecule has 2 amide bonds. The molecule has 3 rings (SSSR count). The largest absolute Gasteiger partial charge is 0.479 e. The molecule has 0 spiro atoms. The molecule has 0 aromatic heterocycles. The molecule has 0 saturated heterocycles. The van der Waals surface area contributed by atoms with Crippen LogP contribution >= 0.6 is 0 Å². The second kappa shape index (κ2) is 5.89. The van der Waals surface area contributed by atoms with E-state index in [9.17, 15) is 9.59 Å². The van der Waals surface area contributed by atoms with Crippen molar-refractivity contribution in [1.82, 2.24) is 5.32 Å². The van der Waals surface area contributed by atoms with E-state index in [1.165, 1.54) is 0 Å². The van der Waals surface area contributed by atoms with Crippen molar-refractivity contribution in [1.29, 1.82) is 0 Å². The third-order valence-electron chi connectivity index (χ3n) is 3.47. The zero-order valence-corrected chi connectivity index (χ0v) is 12.1. The number of carbonyl (C=O) groups is 2. The maximum absolute atomic E-state index is 12.2. The van der Waals surface area contributed by atoms with Crippen LogP contribution in [0.25, 0.3) is 0 Å². The van der Waals surface area contributed by atoms with E-state index in [4.69, 9.17) is 4.74 Å². The van der Waals surface area contributed by atoms with Gasteiger partial charge in [-0.2, -0.15) is 0 Å². The van der Waals surface area contributed by atoms with Crippen molar-refractivity contribution < 1.29 is 14.3 Å². The van der Waals surface area contributed by atoms with Crippen LogP contribution in [0.15, 0.2) is 48.5 Å². The van der Waals surface area contributed by atoms with Crippen molar-refractivity contribution >= 4 is 17.5 Å². The Morgan fingerprint density at radius 2 is 2.00 bits per heavy atom. The fourth-order valence-corrected chi connectivity index (χ4v) is 2.22. The highest BCUT2D eigenvalue weighted by atomic mass is 16.5. The summed E-state index contributed by atoms with van der Waals surface area (Å²) in [5.74, 6) is 0.146. The number of carbonyl (C=O) groups excluding carboxylic acids is 2. The molecular formula is C17H16N2O3. The van der Waals surface area contributed by atoms with Crippen LogP contribution in [-0.2, 0) is 11.3 Å². The van der Waals surface area contributed by atoms with E-state index in [2.05, 4.69) is 10.6 Å². The molecule has 0 bridgehead atoms. The summed E-state index contributed by atoms with van der Waals surface area (Å²) in [6.45, 7) is 2.13. The van der Waals surface area contributed by atoms with Gasteiger partial charge in [-0.1, -0.05) is 30.3 Å². The van der Waals surface area contributed by atoms with Crippen LogP contribution in [0, 0.1) is 0 Å². The number of amides is 2. The Labute approximate surface area is 128 Å². The maximum Gasteiger partial charge on any atom is 0.265 e. The molecule has 22 heavy (non-hydrogen) atoms. The highest BCUT2D eigenvalue weighted by Crippen LogP contribution is 2.30.